The van der Waals surface area contributed by atoms with Crippen LogP contribution in [0.4, 0.5) is 0 Å². The third kappa shape index (κ3) is 1.23. The van der Waals surface area contributed by atoms with Gasteiger partial charge in [-0.2, -0.15) is 15.4 Å². The van der Waals surface area contributed by atoms with Crippen LogP contribution in [0.5, 0.6) is 0 Å². The largest absolute Gasteiger partial charge is 0.377 e. The van der Waals surface area contributed by atoms with Crippen molar-refractivity contribution in [2.24, 2.45) is 0 Å². The standard InChI is InChI=1S/C4H6N4S/c1-5-4(9)3-2-6-8-7-3/h2H,1H3,(H,5,9)(H,6,7,8). The number of H-pyrrole nitrogens is 1. The van der Waals surface area contributed by atoms with E-state index in [1.807, 2.05) is 0 Å². The third-order valence-electron chi connectivity index (χ3n) is 0.875. The van der Waals surface area contributed by atoms with Crippen LogP contribution in [0.25, 0.3) is 0 Å². The molecule has 48 valence electrons. The van der Waals surface area contributed by atoms with E-state index in [4.69, 9.17) is 12.2 Å². The second kappa shape index (κ2) is 2.54. The van der Waals surface area contributed by atoms with E-state index in [-0.39, 0.29) is 0 Å². The molecule has 0 aliphatic heterocycles. The van der Waals surface area contributed by atoms with E-state index < -0.39 is 0 Å². The normalized spacial score (nSPS) is 9.00. The van der Waals surface area contributed by atoms with E-state index in [9.17, 15) is 0 Å². The van der Waals surface area contributed by atoms with E-state index in [1.165, 1.54) is 0 Å². The molecule has 9 heavy (non-hydrogen) atoms. The lowest BCUT2D eigenvalue weighted by molar-refractivity contribution is 0.935. The SMILES string of the molecule is CNC(=S)c1cn[nH]n1. The van der Waals surface area contributed by atoms with Crippen molar-refractivity contribution in [2.75, 3.05) is 7.05 Å². The molecule has 1 rings (SSSR count). The molecule has 0 spiro atoms. The van der Waals surface area contributed by atoms with Gasteiger partial charge in [0.1, 0.15) is 10.7 Å². The van der Waals surface area contributed by atoms with Gasteiger partial charge in [-0.05, 0) is 0 Å². The van der Waals surface area contributed by atoms with Crippen molar-refractivity contribution in [3.05, 3.63) is 11.9 Å². The summed E-state index contributed by atoms with van der Waals surface area (Å²) in [5.74, 6) is 0. The number of rotatable bonds is 1. The Labute approximate surface area is 57.7 Å². The van der Waals surface area contributed by atoms with Crippen molar-refractivity contribution in [3.8, 4) is 0 Å². The van der Waals surface area contributed by atoms with Crippen LogP contribution in [0.3, 0.4) is 0 Å². The van der Waals surface area contributed by atoms with Crippen molar-refractivity contribution >= 4 is 17.2 Å². The summed E-state index contributed by atoms with van der Waals surface area (Å²) in [6.45, 7) is 0. The first kappa shape index (κ1) is 6.15. The lowest BCUT2D eigenvalue weighted by Crippen LogP contribution is -2.16. The van der Waals surface area contributed by atoms with Crippen LogP contribution < -0.4 is 5.32 Å². The van der Waals surface area contributed by atoms with E-state index in [0.717, 1.165) is 0 Å². The molecule has 0 atom stereocenters. The van der Waals surface area contributed by atoms with Gasteiger partial charge in [-0.15, -0.1) is 0 Å². The fraction of sp³-hybridized carbons (Fsp3) is 0.250. The number of aromatic amines is 1. The summed E-state index contributed by atoms with van der Waals surface area (Å²) in [5.41, 5.74) is 0.674. The quantitative estimate of drug-likeness (QED) is 0.528. The predicted molar refractivity (Wildman–Crippen MR) is 37.1 cm³/mol. The zero-order chi connectivity index (χ0) is 6.69. The highest BCUT2D eigenvalue weighted by atomic mass is 32.1. The van der Waals surface area contributed by atoms with Crippen LogP contribution in [0.15, 0.2) is 6.20 Å². The first-order valence-corrected chi connectivity index (χ1v) is 2.83. The summed E-state index contributed by atoms with van der Waals surface area (Å²) in [6, 6.07) is 0. The Balaban J connectivity index is 2.77. The van der Waals surface area contributed by atoms with Gasteiger partial charge in [0.15, 0.2) is 0 Å². The van der Waals surface area contributed by atoms with Crippen molar-refractivity contribution in [1.82, 2.24) is 20.7 Å². The van der Waals surface area contributed by atoms with Gasteiger partial charge in [-0.1, -0.05) is 12.2 Å². The maximum Gasteiger partial charge on any atom is 0.139 e. The Hall–Kier alpha value is -0.970. The highest BCUT2D eigenvalue weighted by molar-refractivity contribution is 7.80. The zero-order valence-corrected chi connectivity index (χ0v) is 5.70. The Kier molecular flexibility index (Phi) is 1.74. The van der Waals surface area contributed by atoms with Crippen LogP contribution in [0, 0.1) is 0 Å². The molecule has 1 heterocycles. The van der Waals surface area contributed by atoms with E-state index >= 15 is 0 Å². The van der Waals surface area contributed by atoms with Crippen LogP contribution >= 0.6 is 12.2 Å². The van der Waals surface area contributed by atoms with Crippen molar-refractivity contribution in [2.45, 2.75) is 0 Å². The monoisotopic (exact) mass is 142 g/mol. The summed E-state index contributed by atoms with van der Waals surface area (Å²) >= 11 is 4.84. The molecule has 5 heteroatoms. The Morgan fingerprint density at radius 1 is 1.89 bits per heavy atom. The van der Waals surface area contributed by atoms with Crippen LogP contribution in [0.1, 0.15) is 5.69 Å². The van der Waals surface area contributed by atoms with Crippen molar-refractivity contribution < 1.29 is 0 Å². The van der Waals surface area contributed by atoms with Gasteiger partial charge < -0.3 is 5.32 Å². The summed E-state index contributed by atoms with van der Waals surface area (Å²) in [5, 5.41) is 12.6. The van der Waals surface area contributed by atoms with Gasteiger partial charge in [-0.3, -0.25) is 0 Å². The topological polar surface area (TPSA) is 53.6 Å². The minimum absolute atomic E-state index is 0.601. The predicted octanol–water partition coefficient (Wildman–Crippen LogP) is -0.300. The van der Waals surface area contributed by atoms with Gasteiger partial charge in [-0.25, -0.2) is 0 Å². The van der Waals surface area contributed by atoms with Gasteiger partial charge in [0.25, 0.3) is 0 Å². The van der Waals surface area contributed by atoms with Gasteiger partial charge in [0, 0.05) is 7.05 Å². The molecule has 0 aromatic carbocycles. The molecule has 1 aromatic heterocycles. The first-order valence-electron chi connectivity index (χ1n) is 2.42. The summed E-state index contributed by atoms with van der Waals surface area (Å²) in [7, 11) is 1.75. The molecule has 1 aromatic rings. The number of hydrogen-bond acceptors (Lipinski definition) is 3. The summed E-state index contributed by atoms with van der Waals surface area (Å²) < 4.78 is 0. The van der Waals surface area contributed by atoms with Gasteiger partial charge in [0.05, 0.1) is 6.20 Å². The zero-order valence-electron chi connectivity index (χ0n) is 4.88. The molecule has 2 N–H and O–H groups in total. The van der Waals surface area contributed by atoms with Gasteiger partial charge >= 0.3 is 0 Å². The number of aromatic nitrogens is 3. The maximum atomic E-state index is 4.84. The molecule has 0 radical (unpaired) electrons. The van der Waals surface area contributed by atoms with Gasteiger partial charge in [0.2, 0.25) is 0 Å². The number of thiocarbonyl (C=S) groups is 1. The van der Waals surface area contributed by atoms with E-state index in [2.05, 4.69) is 20.7 Å². The smallest absolute Gasteiger partial charge is 0.139 e. The fourth-order valence-corrected chi connectivity index (χ4v) is 0.537. The fourth-order valence-electron chi connectivity index (χ4n) is 0.439. The van der Waals surface area contributed by atoms with Crippen molar-refractivity contribution in [1.29, 1.82) is 0 Å². The molecule has 0 fully saturated rings. The molecule has 0 unspecified atom stereocenters. The first-order chi connectivity index (χ1) is 4.34. The third-order valence-corrected chi connectivity index (χ3v) is 1.29. The summed E-state index contributed by atoms with van der Waals surface area (Å²) in [4.78, 5) is 0.601. The number of nitrogens with zero attached hydrogens (tertiary/aromatic N) is 2. The highest BCUT2D eigenvalue weighted by Gasteiger charge is 1.98. The van der Waals surface area contributed by atoms with Crippen LogP contribution in [0.2, 0.25) is 0 Å². The Bertz CT molecular complexity index is 192. The van der Waals surface area contributed by atoms with E-state index in [1.54, 1.807) is 13.2 Å². The minimum Gasteiger partial charge on any atom is -0.377 e. The second-order valence-corrected chi connectivity index (χ2v) is 1.84. The maximum absolute atomic E-state index is 4.84. The Morgan fingerprint density at radius 2 is 2.67 bits per heavy atom. The lowest BCUT2D eigenvalue weighted by atomic mass is 10.5. The molecule has 4 nitrogen and oxygen atoms in total. The summed E-state index contributed by atoms with van der Waals surface area (Å²) in [6.07, 6.45) is 1.57. The Morgan fingerprint density at radius 3 is 3.11 bits per heavy atom. The molecule has 0 saturated carbocycles. The van der Waals surface area contributed by atoms with E-state index in [0.29, 0.717) is 10.7 Å². The van der Waals surface area contributed by atoms with Crippen molar-refractivity contribution in [3.63, 3.8) is 0 Å². The molecule has 0 aliphatic carbocycles. The number of hydrogen-bond donors (Lipinski definition) is 2. The molecular weight excluding hydrogens is 136 g/mol. The second-order valence-electron chi connectivity index (χ2n) is 1.43. The number of nitrogens with one attached hydrogen (secondary N) is 2. The lowest BCUT2D eigenvalue weighted by Gasteiger charge is -1.92. The van der Waals surface area contributed by atoms with Crippen LogP contribution in [-0.4, -0.2) is 27.4 Å². The average molecular weight is 142 g/mol. The molecule has 0 saturated heterocycles. The molecule has 0 aliphatic rings. The van der Waals surface area contributed by atoms with Crippen LogP contribution in [-0.2, 0) is 0 Å². The molecular formula is C4H6N4S. The molecule has 0 bridgehead atoms. The molecule has 0 amide bonds. The minimum atomic E-state index is 0.601. The highest BCUT2D eigenvalue weighted by Crippen LogP contribution is 1.87. The average Bonchev–Trinajstić information content (AvgIpc) is 2.37.